The van der Waals surface area contributed by atoms with Gasteiger partial charge in [-0.25, -0.2) is 4.79 Å². The fraction of sp³-hybridized carbons (Fsp3) is 0.107. The Morgan fingerprint density at radius 1 is 1.11 bits per heavy atom. The van der Waals surface area contributed by atoms with Crippen LogP contribution in [0.1, 0.15) is 40.7 Å². The highest BCUT2D eigenvalue weighted by Crippen LogP contribution is 2.48. The molecule has 0 unspecified atom stereocenters. The Kier molecular flexibility index (Phi) is 5.94. The van der Waals surface area contributed by atoms with E-state index >= 15 is 0 Å². The molecule has 0 radical (unpaired) electrons. The third-order valence-electron chi connectivity index (χ3n) is 6.06. The monoisotopic (exact) mass is 483 g/mol. The van der Waals surface area contributed by atoms with E-state index in [9.17, 15) is 14.4 Å². The van der Waals surface area contributed by atoms with Crippen LogP contribution in [0, 0.1) is 23.2 Å². The Bertz CT molecular complexity index is 1560. The van der Waals surface area contributed by atoms with Gasteiger partial charge >= 0.3 is 5.97 Å². The number of halogens is 2. The first-order valence-corrected chi connectivity index (χ1v) is 11.4. The van der Waals surface area contributed by atoms with Gasteiger partial charge in [-0.2, -0.15) is 14.8 Å². The number of allylic oxidation sites excluding steroid dienone is 1. The van der Waals surface area contributed by atoms with Crippen LogP contribution in [0.2, 0.25) is 5.02 Å². The van der Waals surface area contributed by atoms with Crippen molar-refractivity contribution in [3.63, 3.8) is 0 Å². The average molecular weight is 484 g/mol. The predicted octanol–water partition coefficient (Wildman–Crippen LogP) is 6.69. The fourth-order valence-electron chi connectivity index (χ4n) is 4.32. The zero-order chi connectivity index (χ0) is 24.5. The number of hydrogen-bond donors (Lipinski definition) is 2. The van der Waals surface area contributed by atoms with Crippen molar-refractivity contribution in [3.05, 3.63) is 106 Å². The van der Waals surface area contributed by atoms with Crippen molar-refractivity contribution in [1.29, 1.82) is 5.26 Å². The number of nitrogens with one attached hydrogen (secondary N) is 1. The Morgan fingerprint density at radius 3 is 2.54 bits per heavy atom. The number of carboxylic acids is 1. The van der Waals surface area contributed by atoms with Gasteiger partial charge in [0.1, 0.15) is 0 Å². The zero-order valence-electron chi connectivity index (χ0n) is 18.4. The highest BCUT2D eigenvalue weighted by Gasteiger charge is 2.32. The summed E-state index contributed by atoms with van der Waals surface area (Å²) in [6.45, 7) is 0. The third kappa shape index (κ3) is 4.59. The molecule has 0 amide bonds. The molecule has 4 aromatic rings. The molecule has 0 atom stereocenters. The summed E-state index contributed by atoms with van der Waals surface area (Å²) in [6.07, 6.45) is 4.57. The Hall–Kier alpha value is -4.21. The van der Waals surface area contributed by atoms with Crippen LogP contribution < -0.4 is 0 Å². The standard InChI is InChI=1S/C28H19ClFN3O2/c29-21-9-10-22(20(13-21)15-31)27(18-6-7-18)26(17-4-1-16(2-5-17)3-12-25(34)35)19-8-11-24-23(14-19)28(30)33-32-24/h1-5,8-14,18H,6-7H2,(H,32,33)(H,34,35)/b12-3+,27-26+. The number of aromatic amines is 1. The topological polar surface area (TPSA) is 89.8 Å². The van der Waals surface area contributed by atoms with Gasteiger partial charge in [0.15, 0.2) is 0 Å². The number of benzene rings is 3. The van der Waals surface area contributed by atoms with Gasteiger partial charge in [0.2, 0.25) is 5.95 Å². The summed E-state index contributed by atoms with van der Waals surface area (Å²) in [7, 11) is 0. The lowest BCUT2D eigenvalue weighted by Gasteiger charge is -2.18. The Balaban J connectivity index is 1.77. The van der Waals surface area contributed by atoms with Gasteiger partial charge < -0.3 is 5.11 Å². The van der Waals surface area contributed by atoms with Crippen LogP contribution in [0.15, 0.2) is 66.7 Å². The minimum atomic E-state index is -1.02. The molecule has 172 valence electrons. The maximum absolute atomic E-state index is 14.4. The number of nitriles is 1. The molecule has 0 saturated heterocycles. The second-order valence-electron chi connectivity index (χ2n) is 8.43. The average Bonchev–Trinajstić information content (AvgIpc) is 3.64. The Morgan fingerprint density at radius 2 is 1.86 bits per heavy atom. The van der Waals surface area contributed by atoms with Crippen molar-refractivity contribution < 1.29 is 14.3 Å². The molecule has 3 aromatic carbocycles. The fourth-order valence-corrected chi connectivity index (χ4v) is 4.49. The van der Waals surface area contributed by atoms with Crippen molar-refractivity contribution in [1.82, 2.24) is 10.2 Å². The number of nitrogens with zero attached hydrogens (tertiary/aromatic N) is 2. The minimum Gasteiger partial charge on any atom is -0.478 e. The van der Waals surface area contributed by atoms with E-state index in [0.717, 1.165) is 52.3 Å². The zero-order valence-corrected chi connectivity index (χ0v) is 19.2. The number of hydrogen-bond acceptors (Lipinski definition) is 3. The molecule has 7 heteroatoms. The van der Waals surface area contributed by atoms with E-state index in [0.29, 0.717) is 21.5 Å². The van der Waals surface area contributed by atoms with Crippen molar-refractivity contribution in [3.8, 4) is 6.07 Å². The smallest absolute Gasteiger partial charge is 0.328 e. The van der Waals surface area contributed by atoms with Gasteiger partial charge in [-0.05, 0) is 82.5 Å². The lowest BCUT2D eigenvalue weighted by atomic mass is 9.85. The second kappa shape index (κ2) is 9.21. The molecular weight excluding hydrogens is 465 g/mol. The first-order chi connectivity index (χ1) is 16.9. The van der Waals surface area contributed by atoms with Crippen LogP contribution >= 0.6 is 11.6 Å². The highest BCUT2D eigenvalue weighted by atomic mass is 35.5. The molecule has 1 aliphatic rings. The molecule has 0 bridgehead atoms. The molecule has 1 heterocycles. The summed E-state index contributed by atoms with van der Waals surface area (Å²) in [6, 6.07) is 20.5. The number of rotatable bonds is 6. The normalized spacial score (nSPS) is 14.2. The van der Waals surface area contributed by atoms with Gasteiger partial charge in [-0.15, -0.1) is 0 Å². The van der Waals surface area contributed by atoms with E-state index in [-0.39, 0.29) is 5.92 Å². The largest absolute Gasteiger partial charge is 0.478 e. The SMILES string of the molecule is N#Cc1cc(Cl)ccc1/C(=C(\c1ccc(/C=C/C(=O)O)cc1)c1ccc2n[nH]c(F)c2c1)C1CC1. The lowest BCUT2D eigenvalue weighted by molar-refractivity contribution is -0.131. The maximum atomic E-state index is 14.4. The molecule has 5 nitrogen and oxygen atoms in total. The number of fused-ring (bicyclic) bond motifs is 1. The number of aromatic nitrogens is 2. The third-order valence-corrected chi connectivity index (χ3v) is 6.30. The first-order valence-electron chi connectivity index (χ1n) is 11.0. The molecule has 0 aliphatic heterocycles. The number of aliphatic carboxylic acids is 1. The first kappa shape index (κ1) is 22.6. The van der Waals surface area contributed by atoms with Crippen molar-refractivity contribution >= 4 is 45.7 Å². The van der Waals surface area contributed by atoms with E-state index < -0.39 is 11.9 Å². The molecule has 35 heavy (non-hydrogen) atoms. The summed E-state index contributed by atoms with van der Waals surface area (Å²) in [4.78, 5) is 10.9. The molecule has 1 saturated carbocycles. The summed E-state index contributed by atoms with van der Waals surface area (Å²) in [5.74, 6) is -1.28. The van der Waals surface area contributed by atoms with Gasteiger partial charge in [0.05, 0.1) is 22.5 Å². The van der Waals surface area contributed by atoms with Crippen LogP contribution in [0.25, 0.3) is 28.1 Å². The second-order valence-corrected chi connectivity index (χ2v) is 8.86. The lowest BCUT2D eigenvalue weighted by Crippen LogP contribution is -2.00. The number of H-pyrrole nitrogens is 1. The van der Waals surface area contributed by atoms with Crippen LogP contribution in [-0.4, -0.2) is 21.3 Å². The molecule has 1 aromatic heterocycles. The highest BCUT2D eigenvalue weighted by molar-refractivity contribution is 6.30. The van der Waals surface area contributed by atoms with Crippen LogP contribution in [0.4, 0.5) is 4.39 Å². The Labute approximate surface area is 205 Å². The van der Waals surface area contributed by atoms with Crippen molar-refractivity contribution in [2.45, 2.75) is 12.8 Å². The van der Waals surface area contributed by atoms with E-state index in [4.69, 9.17) is 16.7 Å². The van der Waals surface area contributed by atoms with Gasteiger partial charge in [0.25, 0.3) is 0 Å². The van der Waals surface area contributed by atoms with E-state index in [2.05, 4.69) is 16.3 Å². The van der Waals surface area contributed by atoms with E-state index in [1.54, 1.807) is 24.3 Å². The molecule has 0 spiro atoms. The van der Waals surface area contributed by atoms with Crippen LogP contribution in [0.5, 0.6) is 0 Å². The number of carboxylic acid groups (broad SMARTS) is 1. The molecule has 5 rings (SSSR count). The van der Waals surface area contributed by atoms with Crippen molar-refractivity contribution in [2.24, 2.45) is 5.92 Å². The van der Waals surface area contributed by atoms with Crippen LogP contribution in [0.3, 0.4) is 0 Å². The van der Waals surface area contributed by atoms with Gasteiger partial charge in [-0.1, -0.05) is 48.0 Å². The number of carbonyl (C=O) groups is 1. The van der Waals surface area contributed by atoms with Gasteiger partial charge in [0, 0.05) is 11.1 Å². The minimum absolute atomic E-state index is 0.245. The van der Waals surface area contributed by atoms with Gasteiger partial charge in [-0.3, -0.25) is 5.10 Å². The predicted molar refractivity (Wildman–Crippen MR) is 134 cm³/mol. The van der Waals surface area contributed by atoms with Crippen LogP contribution in [-0.2, 0) is 4.79 Å². The summed E-state index contributed by atoms with van der Waals surface area (Å²) in [5.41, 5.74) is 6.12. The van der Waals surface area contributed by atoms with E-state index in [1.807, 2.05) is 36.4 Å². The summed E-state index contributed by atoms with van der Waals surface area (Å²) >= 11 is 6.18. The molecular formula is C28H19ClFN3O2. The summed E-state index contributed by atoms with van der Waals surface area (Å²) < 4.78 is 14.4. The molecule has 1 fully saturated rings. The molecule has 1 aliphatic carbocycles. The maximum Gasteiger partial charge on any atom is 0.328 e. The molecule has 2 N–H and O–H groups in total. The van der Waals surface area contributed by atoms with Crippen molar-refractivity contribution in [2.75, 3.05) is 0 Å². The van der Waals surface area contributed by atoms with E-state index in [1.165, 1.54) is 6.08 Å². The summed E-state index contributed by atoms with van der Waals surface area (Å²) in [5, 5.41) is 26.0. The quantitative estimate of drug-likeness (QED) is 0.236.